The Kier molecular flexibility index (Phi) is 3.59. The van der Waals surface area contributed by atoms with Crippen molar-refractivity contribution in [3.05, 3.63) is 52.5 Å². The summed E-state index contributed by atoms with van der Waals surface area (Å²) >= 11 is 3.39. The monoisotopic (exact) mass is 348 g/mol. The third kappa shape index (κ3) is 2.61. The number of imidazole rings is 1. The van der Waals surface area contributed by atoms with Crippen LogP contribution in [0.15, 0.2) is 41.1 Å². The van der Waals surface area contributed by atoms with Crippen molar-refractivity contribution in [1.29, 1.82) is 0 Å². The topological polar surface area (TPSA) is 64.2 Å². The van der Waals surface area contributed by atoms with Crippen LogP contribution >= 0.6 is 15.9 Å². The summed E-state index contributed by atoms with van der Waals surface area (Å²) in [5.41, 5.74) is 6.10. The molecule has 2 heterocycles. The Labute approximate surface area is 131 Å². The molecular formula is C15H17BrN4O. The van der Waals surface area contributed by atoms with Gasteiger partial charge >= 0.3 is 0 Å². The van der Waals surface area contributed by atoms with Crippen molar-refractivity contribution < 1.29 is 4.79 Å². The average Bonchev–Trinajstić information content (AvgIpc) is 2.94. The van der Waals surface area contributed by atoms with Gasteiger partial charge in [-0.05, 0) is 24.6 Å². The van der Waals surface area contributed by atoms with E-state index in [2.05, 4.69) is 25.5 Å². The predicted molar refractivity (Wildman–Crippen MR) is 83.3 cm³/mol. The molecule has 0 spiro atoms. The first-order valence-electron chi connectivity index (χ1n) is 6.83. The van der Waals surface area contributed by atoms with Crippen LogP contribution in [0.1, 0.15) is 18.3 Å². The predicted octanol–water partition coefficient (Wildman–Crippen LogP) is 1.86. The maximum absolute atomic E-state index is 12.8. The van der Waals surface area contributed by atoms with Crippen LogP contribution in [0, 0.1) is 0 Å². The number of hydrogen-bond acceptors (Lipinski definition) is 3. The lowest BCUT2D eigenvalue weighted by molar-refractivity contribution is -0.138. The van der Waals surface area contributed by atoms with Gasteiger partial charge in [0.1, 0.15) is 11.4 Å². The number of fused-ring (bicyclic) bond motifs is 1. The lowest BCUT2D eigenvalue weighted by Crippen LogP contribution is -2.52. The Balaban J connectivity index is 1.83. The maximum atomic E-state index is 12.8. The normalized spacial score (nSPS) is 17.2. The first kappa shape index (κ1) is 14.3. The molecule has 1 aromatic heterocycles. The number of nitrogens with zero attached hydrogens (tertiary/aromatic N) is 3. The van der Waals surface area contributed by atoms with Crippen LogP contribution in [-0.2, 0) is 23.4 Å². The van der Waals surface area contributed by atoms with Gasteiger partial charge in [0.15, 0.2) is 0 Å². The second-order valence-electron chi connectivity index (χ2n) is 5.47. The smallest absolute Gasteiger partial charge is 0.247 e. The highest BCUT2D eigenvalue weighted by atomic mass is 79.9. The zero-order chi connectivity index (χ0) is 15.0. The summed E-state index contributed by atoms with van der Waals surface area (Å²) in [5, 5.41) is 0. The molecule has 1 unspecified atom stereocenters. The first-order valence-corrected chi connectivity index (χ1v) is 7.62. The summed E-state index contributed by atoms with van der Waals surface area (Å²) in [7, 11) is 0. The molecule has 5 nitrogen and oxygen atoms in total. The Hall–Kier alpha value is -1.66. The molecule has 21 heavy (non-hydrogen) atoms. The summed E-state index contributed by atoms with van der Waals surface area (Å²) in [6, 6.07) is 7.56. The van der Waals surface area contributed by atoms with Gasteiger partial charge in [0, 0.05) is 30.0 Å². The van der Waals surface area contributed by atoms with E-state index < -0.39 is 5.54 Å². The van der Waals surface area contributed by atoms with Crippen molar-refractivity contribution >= 4 is 21.8 Å². The van der Waals surface area contributed by atoms with E-state index in [0.29, 0.717) is 13.1 Å². The van der Waals surface area contributed by atoms with E-state index in [9.17, 15) is 4.79 Å². The molecule has 1 aliphatic rings. The zero-order valence-corrected chi connectivity index (χ0v) is 13.4. The fraction of sp³-hybridized carbons (Fsp3) is 0.333. The van der Waals surface area contributed by atoms with Gasteiger partial charge in [-0.2, -0.15) is 0 Å². The molecule has 0 radical (unpaired) electrons. The Morgan fingerprint density at radius 2 is 2.05 bits per heavy atom. The first-order chi connectivity index (χ1) is 9.98. The molecule has 2 N–H and O–H groups in total. The molecule has 0 saturated carbocycles. The van der Waals surface area contributed by atoms with Gasteiger partial charge < -0.3 is 15.2 Å². The molecule has 1 aliphatic heterocycles. The van der Waals surface area contributed by atoms with Gasteiger partial charge in [-0.15, -0.1) is 0 Å². The SMILES string of the molecule is CC(N)(C(=O)N1CCn2ccnc2C1)c1ccc(Br)cc1. The van der Waals surface area contributed by atoms with Crippen molar-refractivity contribution in [2.45, 2.75) is 25.6 Å². The molecule has 3 rings (SSSR count). The maximum Gasteiger partial charge on any atom is 0.247 e. The van der Waals surface area contributed by atoms with Crippen LogP contribution in [-0.4, -0.2) is 26.9 Å². The molecule has 1 aromatic carbocycles. The number of hydrogen-bond donors (Lipinski definition) is 1. The Morgan fingerprint density at radius 1 is 1.33 bits per heavy atom. The fourth-order valence-corrected chi connectivity index (χ4v) is 2.86. The molecule has 0 saturated heterocycles. The zero-order valence-electron chi connectivity index (χ0n) is 11.8. The van der Waals surface area contributed by atoms with Crippen LogP contribution in [0.25, 0.3) is 0 Å². The van der Waals surface area contributed by atoms with Gasteiger partial charge in [0.2, 0.25) is 5.91 Å². The molecule has 2 aromatic rings. The van der Waals surface area contributed by atoms with Gasteiger partial charge in [0.25, 0.3) is 0 Å². The third-order valence-electron chi connectivity index (χ3n) is 3.92. The van der Waals surface area contributed by atoms with E-state index in [0.717, 1.165) is 22.4 Å². The molecule has 1 atom stereocenters. The highest BCUT2D eigenvalue weighted by Crippen LogP contribution is 2.24. The summed E-state index contributed by atoms with van der Waals surface area (Å²) in [4.78, 5) is 18.8. The summed E-state index contributed by atoms with van der Waals surface area (Å²) in [6.07, 6.45) is 3.70. The molecule has 0 bridgehead atoms. The average molecular weight is 349 g/mol. The minimum absolute atomic E-state index is 0.0703. The Morgan fingerprint density at radius 3 is 2.76 bits per heavy atom. The van der Waals surface area contributed by atoms with Gasteiger partial charge in [0.05, 0.1) is 6.54 Å². The molecular weight excluding hydrogens is 332 g/mol. The van der Waals surface area contributed by atoms with Crippen molar-refractivity contribution in [3.63, 3.8) is 0 Å². The largest absolute Gasteiger partial charge is 0.332 e. The lowest BCUT2D eigenvalue weighted by atomic mass is 9.91. The van der Waals surface area contributed by atoms with Crippen LogP contribution < -0.4 is 5.73 Å². The van der Waals surface area contributed by atoms with Gasteiger partial charge in [-0.25, -0.2) is 4.98 Å². The minimum atomic E-state index is -1.03. The number of halogens is 1. The number of nitrogens with two attached hydrogens (primary N) is 1. The molecule has 1 amide bonds. The standard InChI is InChI=1S/C15H17BrN4O/c1-15(17,11-2-4-12(16)5-3-11)14(21)20-9-8-19-7-6-18-13(19)10-20/h2-7H,8-10,17H2,1H3. The van der Waals surface area contributed by atoms with Crippen LogP contribution in [0.4, 0.5) is 0 Å². The number of benzene rings is 1. The van der Waals surface area contributed by atoms with Gasteiger partial charge in [-0.3, -0.25) is 4.79 Å². The summed E-state index contributed by atoms with van der Waals surface area (Å²) in [6.45, 7) is 3.69. The quantitative estimate of drug-likeness (QED) is 0.900. The van der Waals surface area contributed by atoms with Crippen molar-refractivity contribution in [2.24, 2.45) is 5.73 Å². The minimum Gasteiger partial charge on any atom is -0.332 e. The molecule has 0 fully saturated rings. The van der Waals surface area contributed by atoms with E-state index in [1.54, 1.807) is 18.0 Å². The number of amides is 1. The van der Waals surface area contributed by atoms with E-state index >= 15 is 0 Å². The second kappa shape index (κ2) is 5.27. The van der Waals surface area contributed by atoms with Crippen molar-refractivity contribution in [3.8, 4) is 0 Å². The van der Waals surface area contributed by atoms with Crippen LogP contribution in [0.5, 0.6) is 0 Å². The van der Waals surface area contributed by atoms with E-state index in [1.807, 2.05) is 30.5 Å². The van der Waals surface area contributed by atoms with Crippen LogP contribution in [0.2, 0.25) is 0 Å². The Bertz CT molecular complexity index is 663. The lowest BCUT2D eigenvalue weighted by Gasteiger charge is -2.34. The highest BCUT2D eigenvalue weighted by Gasteiger charge is 2.36. The van der Waals surface area contributed by atoms with E-state index in [1.165, 1.54) is 0 Å². The fourth-order valence-electron chi connectivity index (χ4n) is 2.59. The third-order valence-corrected chi connectivity index (χ3v) is 4.45. The summed E-state index contributed by atoms with van der Waals surface area (Å²) in [5.74, 6) is 0.834. The number of carbonyl (C=O) groups is 1. The highest BCUT2D eigenvalue weighted by molar-refractivity contribution is 9.10. The van der Waals surface area contributed by atoms with E-state index in [-0.39, 0.29) is 5.91 Å². The van der Waals surface area contributed by atoms with E-state index in [4.69, 9.17) is 5.73 Å². The van der Waals surface area contributed by atoms with Crippen molar-refractivity contribution in [2.75, 3.05) is 6.54 Å². The van der Waals surface area contributed by atoms with Crippen molar-refractivity contribution in [1.82, 2.24) is 14.5 Å². The van der Waals surface area contributed by atoms with Gasteiger partial charge in [-0.1, -0.05) is 28.1 Å². The molecule has 110 valence electrons. The molecule has 6 heteroatoms. The second-order valence-corrected chi connectivity index (χ2v) is 6.39. The summed E-state index contributed by atoms with van der Waals surface area (Å²) < 4.78 is 3.03. The number of carbonyl (C=O) groups excluding carboxylic acids is 1. The molecule has 0 aliphatic carbocycles. The number of rotatable bonds is 2. The van der Waals surface area contributed by atoms with Crippen LogP contribution in [0.3, 0.4) is 0 Å². The number of aromatic nitrogens is 2.